The summed E-state index contributed by atoms with van der Waals surface area (Å²) in [7, 11) is -4.74. The van der Waals surface area contributed by atoms with Gasteiger partial charge in [-0.3, -0.25) is 0 Å². The third-order valence-corrected chi connectivity index (χ3v) is 4.92. The van der Waals surface area contributed by atoms with Crippen molar-refractivity contribution < 1.29 is 30.7 Å². The van der Waals surface area contributed by atoms with Crippen LogP contribution in [0.4, 0.5) is 17.6 Å². The number of benzene rings is 1. The molecular formula is C11H12F4N2O3S. The van der Waals surface area contributed by atoms with E-state index in [1.807, 2.05) is 0 Å². The van der Waals surface area contributed by atoms with Crippen molar-refractivity contribution in [3.8, 4) is 0 Å². The molecule has 1 saturated heterocycles. The third kappa shape index (κ3) is 2.89. The van der Waals surface area contributed by atoms with E-state index in [0.717, 1.165) is 0 Å². The maximum absolute atomic E-state index is 13.6. The summed E-state index contributed by atoms with van der Waals surface area (Å²) in [6.45, 7) is -0.498. The first-order valence-corrected chi connectivity index (χ1v) is 7.37. The number of ether oxygens (including phenoxy) is 1. The predicted octanol–water partition coefficient (Wildman–Crippen LogP) is 0.591. The lowest BCUT2D eigenvalue weighted by molar-refractivity contribution is 0.00436. The first-order chi connectivity index (χ1) is 9.78. The van der Waals surface area contributed by atoms with Gasteiger partial charge in [0, 0.05) is 25.7 Å². The molecule has 2 N–H and O–H groups in total. The van der Waals surface area contributed by atoms with Gasteiger partial charge in [0.2, 0.25) is 10.0 Å². The van der Waals surface area contributed by atoms with Crippen molar-refractivity contribution in [3.63, 3.8) is 0 Å². The van der Waals surface area contributed by atoms with Gasteiger partial charge in [-0.1, -0.05) is 0 Å². The summed E-state index contributed by atoms with van der Waals surface area (Å²) in [5.41, 5.74) is 5.34. The molecular weight excluding hydrogens is 316 g/mol. The summed E-state index contributed by atoms with van der Waals surface area (Å²) in [6.07, 6.45) is -0.655. The SMILES string of the molecule is NCC1CN(S(=O)(=O)c2c(F)c(F)cc(F)c2F)CCO1. The molecule has 118 valence electrons. The van der Waals surface area contributed by atoms with E-state index >= 15 is 0 Å². The Morgan fingerprint density at radius 3 is 2.33 bits per heavy atom. The molecule has 1 unspecified atom stereocenters. The number of rotatable bonds is 3. The molecule has 1 aromatic rings. The van der Waals surface area contributed by atoms with E-state index in [1.165, 1.54) is 0 Å². The van der Waals surface area contributed by atoms with Crippen LogP contribution in [-0.2, 0) is 14.8 Å². The van der Waals surface area contributed by atoms with Gasteiger partial charge < -0.3 is 10.5 Å². The second-order valence-electron chi connectivity index (χ2n) is 4.39. The molecule has 1 aliphatic rings. The van der Waals surface area contributed by atoms with Gasteiger partial charge in [0.05, 0.1) is 12.7 Å². The van der Waals surface area contributed by atoms with E-state index in [-0.39, 0.29) is 32.3 Å². The highest BCUT2D eigenvalue weighted by Gasteiger charge is 2.37. The molecule has 0 spiro atoms. The minimum atomic E-state index is -4.74. The quantitative estimate of drug-likeness (QED) is 0.651. The summed E-state index contributed by atoms with van der Waals surface area (Å²) in [4.78, 5) is -1.64. The van der Waals surface area contributed by atoms with Crippen LogP contribution in [0.3, 0.4) is 0 Å². The molecule has 0 bridgehead atoms. The Balaban J connectivity index is 2.50. The fourth-order valence-corrected chi connectivity index (χ4v) is 3.54. The third-order valence-electron chi connectivity index (χ3n) is 3.03. The van der Waals surface area contributed by atoms with Gasteiger partial charge in [-0.15, -0.1) is 0 Å². The van der Waals surface area contributed by atoms with Crippen molar-refractivity contribution in [2.75, 3.05) is 26.2 Å². The van der Waals surface area contributed by atoms with Crippen LogP contribution in [0.25, 0.3) is 0 Å². The van der Waals surface area contributed by atoms with Crippen LogP contribution in [0.1, 0.15) is 0 Å². The smallest absolute Gasteiger partial charge is 0.249 e. The van der Waals surface area contributed by atoms with Crippen molar-refractivity contribution in [1.29, 1.82) is 0 Å². The zero-order chi connectivity index (χ0) is 15.8. The maximum atomic E-state index is 13.6. The molecule has 0 saturated carbocycles. The largest absolute Gasteiger partial charge is 0.374 e. The second kappa shape index (κ2) is 5.87. The predicted molar refractivity (Wildman–Crippen MR) is 63.8 cm³/mol. The van der Waals surface area contributed by atoms with E-state index in [9.17, 15) is 26.0 Å². The fraction of sp³-hybridized carbons (Fsp3) is 0.455. The average molecular weight is 328 g/mol. The van der Waals surface area contributed by atoms with Gasteiger partial charge in [-0.2, -0.15) is 4.31 Å². The van der Waals surface area contributed by atoms with E-state index in [1.54, 1.807) is 0 Å². The zero-order valence-electron chi connectivity index (χ0n) is 10.7. The van der Waals surface area contributed by atoms with Crippen molar-refractivity contribution >= 4 is 10.0 Å². The van der Waals surface area contributed by atoms with Gasteiger partial charge >= 0.3 is 0 Å². The minimum Gasteiger partial charge on any atom is -0.374 e. The molecule has 2 rings (SSSR count). The number of morpholine rings is 1. The average Bonchev–Trinajstić information content (AvgIpc) is 2.45. The van der Waals surface area contributed by atoms with Crippen LogP contribution in [0.5, 0.6) is 0 Å². The van der Waals surface area contributed by atoms with Crippen LogP contribution in [0, 0.1) is 23.3 Å². The molecule has 21 heavy (non-hydrogen) atoms. The van der Waals surface area contributed by atoms with Crippen molar-refractivity contribution in [2.45, 2.75) is 11.0 Å². The fourth-order valence-electron chi connectivity index (χ4n) is 1.96. The lowest BCUT2D eigenvalue weighted by atomic mass is 10.3. The number of sulfonamides is 1. The number of nitrogens with two attached hydrogens (primary N) is 1. The lowest BCUT2D eigenvalue weighted by Crippen LogP contribution is -2.48. The van der Waals surface area contributed by atoms with Crippen LogP contribution in [0.15, 0.2) is 11.0 Å². The standard InChI is InChI=1S/C11H12F4N2O3S/c12-7-3-8(13)10(15)11(9(7)14)21(18,19)17-1-2-20-6(4-16)5-17/h3,6H,1-2,4-5,16H2. The Bertz CT molecular complexity index is 627. The monoisotopic (exact) mass is 328 g/mol. The zero-order valence-corrected chi connectivity index (χ0v) is 11.5. The van der Waals surface area contributed by atoms with Gasteiger partial charge in [0.15, 0.2) is 28.2 Å². The Hall–Kier alpha value is -1.23. The van der Waals surface area contributed by atoms with Gasteiger partial charge in [0.25, 0.3) is 0 Å². The van der Waals surface area contributed by atoms with Crippen molar-refractivity contribution in [3.05, 3.63) is 29.3 Å². The molecule has 0 radical (unpaired) electrons. The second-order valence-corrected chi connectivity index (χ2v) is 6.26. The van der Waals surface area contributed by atoms with E-state index in [2.05, 4.69) is 0 Å². The molecule has 1 atom stereocenters. The summed E-state index contributed by atoms with van der Waals surface area (Å²) in [5, 5.41) is 0. The first-order valence-electron chi connectivity index (χ1n) is 5.93. The van der Waals surface area contributed by atoms with Crippen LogP contribution in [0.2, 0.25) is 0 Å². The van der Waals surface area contributed by atoms with Crippen molar-refractivity contribution in [1.82, 2.24) is 4.31 Å². The summed E-state index contributed by atoms with van der Waals surface area (Å²) < 4.78 is 83.8. The number of hydrogen-bond acceptors (Lipinski definition) is 4. The Kier molecular flexibility index (Phi) is 4.51. The summed E-state index contributed by atoms with van der Waals surface area (Å²) >= 11 is 0. The number of halogens is 4. The maximum Gasteiger partial charge on any atom is 0.249 e. The lowest BCUT2D eigenvalue weighted by Gasteiger charge is -2.31. The summed E-state index contributed by atoms with van der Waals surface area (Å²) in [5.74, 6) is -7.47. The Morgan fingerprint density at radius 2 is 1.81 bits per heavy atom. The van der Waals surface area contributed by atoms with Crippen LogP contribution in [-0.4, -0.2) is 45.1 Å². The molecule has 1 heterocycles. The molecule has 0 aromatic heterocycles. The molecule has 0 aliphatic carbocycles. The molecule has 1 aliphatic heterocycles. The van der Waals surface area contributed by atoms with E-state index in [4.69, 9.17) is 10.5 Å². The normalized spacial score (nSPS) is 20.7. The number of nitrogens with zero attached hydrogens (tertiary/aromatic N) is 1. The Labute approximate surface area is 118 Å². The van der Waals surface area contributed by atoms with E-state index in [0.29, 0.717) is 4.31 Å². The minimum absolute atomic E-state index is 0.00546. The highest BCUT2D eigenvalue weighted by Crippen LogP contribution is 2.27. The highest BCUT2D eigenvalue weighted by molar-refractivity contribution is 7.89. The molecule has 1 fully saturated rings. The van der Waals surface area contributed by atoms with Crippen LogP contribution >= 0.6 is 0 Å². The molecule has 5 nitrogen and oxygen atoms in total. The molecule has 0 amide bonds. The summed E-state index contributed by atoms with van der Waals surface area (Å²) in [6, 6.07) is -0.0499. The van der Waals surface area contributed by atoms with Gasteiger partial charge in [-0.25, -0.2) is 26.0 Å². The first kappa shape index (κ1) is 16.1. The molecule has 10 heteroatoms. The van der Waals surface area contributed by atoms with Gasteiger partial charge in [0.1, 0.15) is 0 Å². The highest BCUT2D eigenvalue weighted by atomic mass is 32.2. The van der Waals surface area contributed by atoms with Crippen molar-refractivity contribution in [2.24, 2.45) is 5.73 Å². The van der Waals surface area contributed by atoms with Gasteiger partial charge in [-0.05, 0) is 0 Å². The van der Waals surface area contributed by atoms with Crippen LogP contribution < -0.4 is 5.73 Å². The topological polar surface area (TPSA) is 72.6 Å². The number of hydrogen-bond donors (Lipinski definition) is 1. The Morgan fingerprint density at radius 1 is 1.24 bits per heavy atom. The molecule has 1 aromatic carbocycles. The van der Waals surface area contributed by atoms with E-state index < -0.39 is 44.3 Å².